The topological polar surface area (TPSA) is 67.8 Å². The van der Waals surface area contributed by atoms with Gasteiger partial charge in [0.05, 0.1) is 32.8 Å². The van der Waals surface area contributed by atoms with Crippen molar-refractivity contribution in [3.05, 3.63) is 57.0 Å². The molecule has 0 saturated carbocycles. The van der Waals surface area contributed by atoms with Gasteiger partial charge in [0.15, 0.2) is 0 Å². The lowest BCUT2D eigenvalue weighted by Crippen LogP contribution is -2.18. The first kappa shape index (κ1) is 19.8. The van der Waals surface area contributed by atoms with E-state index in [-0.39, 0.29) is 14.9 Å². The first-order chi connectivity index (χ1) is 11.8. The predicted octanol–water partition coefficient (Wildman–Crippen LogP) is 4.75. The number of halogens is 3. The van der Waals surface area contributed by atoms with Crippen molar-refractivity contribution in [3.8, 4) is 5.75 Å². The average molecular weight is 422 g/mol. The summed E-state index contributed by atoms with van der Waals surface area (Å²) in [7, 11) is -3.85. The minimum Gasteiger partial charge on any atom is -0.492 e. The van der Waals surface area contributed by atoms with Gasteiger partial charge in [0.2, 0.25) is 0 Å². The molecule has 2 aromatic carbocycles. The molecule has 0 bridgehead atoms. The number of ether oxygens (including phenoxy) is 1. The molecule has 0 aliphatic rings. The van der Waals surface area contributed by atoms with Gasteiger partial charge >= 0.3 is 0 Å². The molecule has 1 N–H and O–H groups in total. The van der Waals surface area contributed by atoms with Crippen molar-refractivity contribution in [1.29, 1.82) is 0 Å². The largest absolute Gasteiger partial charge is 0.492 e. The van der Waals surface area contributed by atoms with Crippen molar-refractivity contribution in [2.24, 2.45) is 5.10 Å². The maximum Gasteiger partial charge on any atom is 0.276 e. The number of hydrogen-bond donors (Lipinski definition) is 1. The smallest absolute Gasteiger partial charge is 0.276 e. The molecule has 0 atom stereocenters. The van der Waals surface area contributed by atoms with E-state index in [1.807, 2.05) is 6.92 Å². The van der Waals surface area contributed by atoms with Crippen LogP contribution in [0.4, 0.5) is 0 Å². The molecule has 25 heavy (non-hydrogen) atoms. The number of nitrogens with one attached hydrogen (secondary N) is 1. The molecular weight excluding hydrogens is 407 g/mol. The molecule has 0 spiro atoms. The van der Waals surface area contributed by atoms with Gasteiger partial charge in [0, 0.05) is 0 Å². The summed E-state index contributed by atoms with van der Waals surface area (Å²) in [6, 6.07) is 9.03. The van der Waals surface area contributed by atoms with Crippen LogP contribution >= 0.6 is 34.8 Å². The second kappa shape index (κ2) is 8.76. The van der Waals surface area contributed by atoms with Gasteiger partial charge in [-0.2, -0.15) is 13.5 Å². The van der Waals surface area contributed by atoms with Crippen LogP contribution in [-0.4, -0.2) is 21.2 Å². The quantitative estimate of drug-likeness (QED) is 0.518. The standard InChI is InChI=1S/C16H15Cl3N2O3S/c1-2-7-24-16-6-3-11(8-15(16)19)10-20-21-25(22,23)12-4-5-13(17)14(18)9-12/h3-6,8-10,21H,2,7H2,1H3/b20-10+. The summed E-state index contributed by atoms with van der Waals surface area (Å²) in [5.41, 5.74) is 0.616. The van der Waals surface area contributed by atoms with Crippen molar-refractivity contribution in [2.45, 2.75) is 18.2 Å². The Morgan fingerprint density at radius 1 is 1.08 bits per heavy atom. The zero-order valence-corrected chi connectivity index (χ0v) is 16.3. The van der Waals surface area contributed by atoms with Crippen molar-refractivity contribution in [1.82, 2.24) is 4.83 Å². The van der Waals surface area contributed by atoms with E-state index in [0.717, 1.165) is 6.42 Å². The molecule has 0 aliphatic heterocycles. The van der Waals surface area contributed by atoms with E-state index < -0.39 is 10.0 Å². The van der Waals surface area contributed by atoms with Crippen LogP contribution in [0.25, 0.3) is 0 Å². The third-order valence-electron chi connectivity index (χ3n) is 3.01. The Morgan fingerprint density at radius 3 is 2.48 bits per heavy atom. The first-order valence-corrected chi connectivity index (χ1v) is 9.87. The number of sulfonamides is 1. The average Bonchev–Trinajstić information content (AvgIpc) is 2.56. The van der Waals surface area contributed by atoms with Crippen LogP contribution in [0.1, 0.15) is 18.9 Å². The van der Waals surface area contributed by atoms with Crippen molar-refractivity contribution in [3.63, 3.8) is 0 Å². The summed E-state index contributed by atoms with van der Waals surface area (Å²) in [4.78, 5) is 2.06. The Kier molecular flexibility index (Phi) is 6.95. The monoisotopic (exact) mass is 420 g/mol. The van der Waals surface area contributed by atoms with E-state index in [4.69, 9.17) is 39.5 Å². The fourth-order valence-electron chi connectivity index (χ4n) is 1.79. The first-order valence-electron chi connectivity index (χ1n) is 7.25. The van der Waals surface area contributed by atoms with Crippen LogP contribution in [0.2, 0.25) is 15.1 Å². The summed E-state index contributed by atoms with van der Waals surface area (Å²) < 4.78 is 29.8. The predicted molar refractivity (Wildman–Crippen MR) is 102 cm³/mol. The minimum absolute atomic E-state index is 0.0413. The summed E-state index contributed by atoms with van der Waals surface area (Å²) in [6.45, 7) is 2.56. The van der Waals surface area contributed by atoms with Crippen LogP contribution in [0.15, 0.2) is 46.4 Å². The van der Waals surface area contributed by atoms with Crippen molar-refractivity contribution < 1.29 is 13.2 Å². The summed E-state index contributed by atoms with van der Waals surface area (Å²) in [6.07, 6.45) is 2.21. The lowest BCUT2D eigenvalue weighted by Gasteiger charge is -2.07. The summed E-state index contributed by atoms with van der Waals surface area (Å²) >= 11 is 17.7. The van der Waals surface area contributed by atoms with Gasteiger partial charge in [-0.05, 0) is 48.4 Å². The second-order valence-electron chi connectivity index (χ2n) is 4.97. The molecule has 0 unspecified atom stereocenters. The van der Waals surface area contributed by atoms with Gasteiger partial charge in [0.25, 0.3) is 10.0 Å². The Bertz CT molecular complexity index is 886. The third kappa shape index (κ3) is 5.51. The van der Waals surface area contributed by atoms with Crippen molar-refractivity contribution >= 4 is 51.0 Å². The van der Waals surface area contributed by atoms with Gasteiger partial charge in [-0.25, -0.2) is 4.83 Å². The van der Waals surface area contributed by atoms with E-state index in [1.54, 1.807) is 18.2 Å². The number of nitrogens with zero attached hydrogens (tertiary/aromatic N) is 1. The number of rotatable bonds is 7. The number of benzene rings is 2. The highest BCUT2D eigenvalue weighted by Crippen LogP contribution is 2.26. The molecule has 0 fully saturated rings. The molecular formula is C16H15Cl3N2O3S. The summed E-state index contributed by atoms with van der Waals surface area (Å²) in [5.74, 6) is 0.567. The van der Waals surface area contributed by atoms with Gasteiger partial charge in [-0.15, -0.1) is 0 Å². The van der Waals surface area contributed by atoms with Crippen molar-refractivity contribution in [2.75, 3.05) is 6.61 Å². The number of hydrogen-bond acceptors (Lipinski definition) is 4. The molecule has 2 aromatic rings. The molecule has 9 heteroatoms. The second-order valence-corrected chi connectivity index (χ2v) is 7.85. The highest BCUT2D eigenvalue weighted by Gasteiger charge is 2.14. The fourth-order valence-corrected chi connectivity index (χ4v) is 3.22. The van der Waals surface area contributed by atoms with Gasteiger partial charge in [0.1, 0.15) is 5.75 Å². The van der Waals surface area contributed by atoms with E-state index in [0.29, 0.717) is 22.9 Å². The zero-order chi connectivity index (χ0) is 18.4. The lowest BCUT2D eigenvalue weighted by atomic mass is 10.2. The molecule has 0 saturated heterocycles. The minimum atomic E-state index is -3.85. The lowest BCUT2D eigenvalue weighted by molar-refractivity contribution is 0.317. The molecule has 0 radical (unpaired) electrons. The molecule has 0 aromatic heterocycles. The maximum atomic E-state index is 12.2. The van der Waals surface area contributed by atoms with Crippen LogP contribution in [0.3, 0.4) is 0 Å². The molecule has 0 heterocycles. The van der Waals surface area contributed by atoms with Crippen LogP contribution in [0.5, 0.6) is 5.75 Å². The summed E-state index contributed by atoms with van der Waals surface area (Å²) in [5, 5.41) is 4.57. The Morgan fingerprint density at radius 2 is 1.84 bits per heavy atom. The van der Waals surface area contributed by atoms with E-state index in [9.17, 15) is 8.42 Å². The van der Waals surface area contributed by atoms with E-state index in [2.05, 4.69) is 9.93 Å². The molecule has 5 nitrogen and oxygen atoms in total. The van der Waals surface area contributed by atoms with Crippen LogP contribution in [0, 0.1) is 0 Å². The highest BCUT2D eigenvalue weighted by atomic mass is 35.5. The SMILES string of the molecule is CCCOc1ccc(/C=N/NS(=O)(=O)c2ccc(Cl)c(Cl)c2)cc1Cl. The van der Waals surface area contributed by atoms with Gasteiger partial charge in [-0.1, -0.05) is 41.7 Å². The Hall–Kier alpha value is -1.47. The number of hydrazone groups is 1. The van der Waals surface area contributed by atoms with E-state index in [1.165, 1.54) is 24.4 Å². The Balaban J connectivity index is 2.09. The normalized spacial score (nSPS) is 11.7. The highest BCUT2D eigenvalue weighted by molar-refractivity contribution is 7.89. The van der Waals surface area contributed by atoms with Crippen LogP contribution < -0.4 is 9.57 Å². The van der Waals surface area contributed by atoms with E-state index >= 15 is 0 Å². The molecule has 0 aliphatic carbocycles. The molecule has 0 amide bonds. The fraction of sp³-hybridized carbons (Fsp3) is 0.188. The van der Waals surface area contributed by atoms with Gasteiger partial charge < -0.3 is 4.74 Å². The third-order valence-corrected chi connectivity index (χ3v) is 5.26. The van der Waals surface area contributed by atoms with Crippen LogP contribution in [-0.2, 0) is 10.0 Å². The molecule has 2 rings (SSSR count). The zero-order valence-electron chi connectivity index (χ0n) is 13.2. The maximum absolute atomic E-state index is 12.2. The molecule has 134 valence electrons. The van der Waals surface area contributed by atoms with Gasteiger partial charge in [-0.3, -0.25) is 0 Å². The Labute approximate surface area is 161 Å².